The van der Waals surface area contributed by atoms with Crippen molar-refractivity contribution in [3.8, 4) is 0 Å². The van der Waals surface area contributed by atoms with E-state index < -0.39 is 12.6 Å². The lowest BCUT2D eigenvalue weighted by Crippen LogP contribution is -3.00. The fourth-order valence-corrected chi connectivity index (χ4v) is 5.60. The maximum Gasteiger partial charge on any atom is 0.277 e. The molecule has 0 radical (unpaired) electrons. The molecule has 0 bridgehead atoms. The van der Waals surface area contributed by atoms with Crippen molar-refractivity contribution in [1.82, 2.24) is 4.90 Å². The SMILES string of the molecule is CCCCCCCCCCCCCC(O)OCCN(CCOC(O)CCCCCCCCCCCCC)C(=O)C[N+](C)(C)C.[Cl-]. The Kier molecular flexibility index (Phi) is 34.7. The number of halogens is 1. The summed E-state index contributed by atoms with van der Waals surface area (Å²) in [5, 5.41) is 20.6. The molecule has 2 unspecified atom stereocenters. The highest BCUT2D eigenvalue weighted by Crippen LogP contribution is 2.14. The maximum absolute atomic E-state index is 13.0. The van der Waals surface area contributed by atoms with Crippen molar-refractivity contribution in [2.45, 2.75) is 181 Å². The number of hydrogen-bond donors (Lipinski definition) is 2. The van der Waals surface area contributed by atoms with Crippen molar-refractivity contribution in [2.75, 3.05) is 54.0 Å². The Morgan fingerprint density at radius 2 is 0.844 bits per heavy atom. The van der Waals surface area contributed by atoms with Gasteiger partial charge in [-0.25, -0.2) is 0 Å². The topological polar surface area (TPSA) is 79.2 Å². The highest BCUT2D eigenvalue weighted by Gasteiger charge is 2.21. The first-order valence-electron chi connectivity index (χ1n) is 18.9. The molecule has 0 fully saturated rings. The van der Waals surface area contributed by atoms with Crippen LogP contribution in [0.15, 0.2) is 0 Å². The molecule has 2 N–H and O–H groups in total. The summed E-state index contributed by atoms with van der Waals surface area (Å²) in [4.78, 5) is 14.7. The molecular weight excluding hydrogens is 588 g/mol. The molecule has 0 aromatic rings. The van der Waals surface area contributed by atoms with Crippen LogP contribution >= 0.6 is 0 Å². The summed E-state index contributed by atoms with van der Waals surface area (Å²) in [6.45, 7) is 6.30. The van der Waals surface area contributed by atoms with Gasteiger partial charge >= 0.3 is 0 Å². The zero-order chi connectivity index (χ0) is 32.7. The molecule has 0 rings (SSSR count). The van der Waals surface area contributed by atoms with Crippen molar-refractivity contribution in [3.05, 3.63) is 0 Å². The Labute approximate surface area is 286 Å². The summed E-state index contributed by atoms with van der Waals surface area (Å²) in [6.07, 6.45) is 27.9. The fraction of sp³-hybridized carbons (Fsp3) is 0.973. The third kappa shape index (κ3) is 34.7. The van der Waals surface area contributed by atoms with E-state index in [2.05, 4.69) is 13.8 Å². The first-order chi connectivity index (χ1) is 21.2. The van der Waals surface area contributed by atoms with Gasteiger partial charge in [-0.3, -0.25) is 4.79 Å². The highest BCUT2D eigenvalue weighted by molar-refractivity contribution is 5.77. The number of rotatable bonds is 34. The van der Waals surface area contributed by atoms with Crippen LogP contribution in [0.2, 0.25) is 0 Å². The van der Waals surface area contributed by atoms with Gasteiger partial charge in [0, 0.05) is 13.1 Å². The molecule has 7 nitrogen and oxygen atoms in total. The van der Waals surface area contributed by atoms with Crippen LogP contribution in [0.25, 0.3) is 0 Å². The zero-order valence-corrected chi connectivity index (χ0v) is 31.3. The van der Waals surface area contributed by atoms with Crippen LogP contribution in [0.5, 0.6) is 0 Å². The molecule has 0 heterocycles. The minimum atomic E-state index is -0.784. The van der Waals surface area contributed by atoms with E-state index in [0.717, 1.165) is 25.7 Å². The van der Waals surface area contributed by atoms with E-state index in [4.69, 9.17) is 9.47 Å². The summed E-state index contributed by atoms with van der Waals surface area (Å²) in [5.74, 6) is 0.0319. The Morgan fingerprint density at radius 3 is 1.13 bits per heavy atom. The second-order valence-electron chi connectivity index (χ2n) is 14.1. The lowest BCUT2D eigenvalue weighted by atomic mass is 10.1. The number of amides is 1. The van der Waals surface area contributed by atoms with Crippen molar-refractivity contribution in [3.63, 3.8) is 0 Å². The Morgan fingerprint density at radius 1 is 0.556 bits per heavy atom. The molecule has 0 aliphatic carbocycles. The molecular formula is C37H77ClN2O5. The van der Waals surface area contributed by atoms with Crippen LogP contribution in [-0.4, -0.2) is 92.1 Å². The van der Waals surface area contributed by atoms with E-state index in [9.17, 15) is 15.0 Å². The first kappa shape index (κ1) is 46.7. The van der Waals surface area contributed by atoms with Crippen LogP contribution in [0.4, 0.5) is 0 Å². The zero-order valence-electron chi connectivity index (χ0n) is 30.6. The minimum Gasteiger partial charge on any atom is -1.00 e. The van der Waals surface area contributed by atoms with Gasteiger partial charge in [0.1, 0.15) is 0 Å². The van der Waals surface area contributed by atoms with E-state index in [1.165, 1.54) is 116 Å². The largest absolute Gasteiger partial charge is 1.00 e. The molecule has 272 valence electrons. The lowest BCUT2D eigenvalue weighted by Gasteiger charge is -2.29. The van der Waals surface area contributed by atoms with Gasteiger partial charge in [0.15, 0.2) is 19.1 Å². The van der Waals surface area contributed by atoms with Crippen LogP contribution in [0.1, 0.15) is 168 Å². The summed E-state index contributed by atoms with van der Waals surface area (Å²) < 4.78 is 11.9. The second-order valence-corrected chi connectivity index (χ2v) is 14.1. The number of unbranched alkanes of at least 4 members (excludes halogenated alkanes) is 20. The molecule has 0 aliphatic rings. The van der Waals surface area contributed by atoms with Crippen LogP contribution < -0.4 is 12.4 Å². The van der Waals surface area contributed by atoms with E-state index in [1.54, 1.807) is 4.90 Å². The van der Waals surface area contributed by atoms with Gasteiger partial charge in [0.25, 0.3) is 5.91 Å². The summed E-state index contributed by atoms with van der Waals surface area (Å²) >= 11 is 0. The molecule has 2 atom stereocenters. The number of aliphatic hydroxyl groups is 2. The van der Waals surface area contributed by atoms with E-state index in [-0.39, 0.29) is 18.3 Å². The molecule has 0 spiro atoms. The number of carbonyl (C=O) groups is 1. The van der Waals surface area contributed by atoms with Crippen LogP contribution in [0.3, 0.4) is 0 Å². The lowest BCUT2D eigenvalue weighted by molar-refractivity contribution is -0.862. The number of carbonyl (C=O) groups excluding carboxylic acids is 1. The Hall–Kier alpha value is -0.440. The minimum absolute atomic E-state index is 0. The van der Waals surface area contributed by atoms with Gasteiger partial charge in [0.2, 0.25) is 0 Å². The fourth-order valence-electron chi connectivity index (χ4n) is 5.60. The highest BCUT2D eigenvalue weighted by atomic mass is 35.5. The van der Waals surface area contributed by atoms with Gasteiger partial charge in [-0.15, -0.1) is 0 Å². The van der Waals surface area contributed by atoms with Crippen LogP contribution in [0, 0.1) is 0 Å². The molecule has 1 amide bonds. The smallest absolute Gasteiger partial charge is 0.277 e. The van der Waals surface area contributed by atoms with Crippen molar-refractivity contribution in [1.29, 1.82) is 0 Å². The van der Waals surface area contributed by atoms with Gasteiger partial charge < -0.3 is 41.5 Å². The van der Waals surface area contributed by atoms with Crippen molar-refractivity contribution in [2.24, 2.45) is 0 Å². The molecule has 45 heavy (non-hydrogen) atoms. The Bertz CT molecular complexity index is 582. The predicted octanol–water partition coefficient (Wildman–Crippen LogP) is 5.60. The van der Waals surface area contributed by atoms with Gasteiger partial charge in [0.05, 0.1) is 34.4 Å². The third-order valence-corrected chi connectivity index (χ3v) is 8.41. The van der Waals surface area contributed by atoms with Gasteiger partial charge in [-0.2, -0.15) is 0 Å². The van der Waals surface area contributed by atoms with Crippen molar-refractivity contribution >= 4 is 5.91 Å². The average molecular weight is 665 g/mol. The number of nitrogens with zero attached hydrogens (tertiary/aromatic N) is 2. The quantitative estimate of drug-likeness (QED) is 0.0532. The van der Waals surface area contributed by atoms with Gasteiger partial charge in [-0.1, -0.05) is 142 Å². The standard InChI is InChI=1S/C37H77N2O5.ClH/c1-6-8-10-12-14-16-18-20-22-24-26-28-36(41)43-32-30-38(35(40)34-39(3,4)5)31-33-44-37(42)29-27-25-23-21-19-17-15-13-11-9-7-2;/h36-37,41-42H,6-34H2,1-5H3;1H/q+1;/p-1. The van der Waals surface area contributed by atoms with E-state index in [1.807, 2.05) is 21.1 Å². The van der Waals surface area contributed by atoms with E-state index in [0.29, 0.717) is 50.2 Å². The molecule has 0 saturated heterocycles. The number of quaternary nitrogens is 1. The molecule has 0 aromatic carbocycles. The summed E-state index contributed by atoms with van der Waals surface area (Å²) in [5.41, 5.74) is 0. The molecule has 0 aliphatic heterocycles. The number of aliphatic hydroxyl groups excluding tert-OH is 2. The third-order valence-electron chi connectivity index (χ3n) is 8.41. The van der Waals surface area contributed by atoms with Crippen LogP contribution in [-0.2, 0) is 14.3 Å². The molecule has 0 aromatic heterocycles. The van der Waals surface area contributed by atoms with E-state index >= 15 is 0 Å². The summed E-state index contributed by atoms with van der Waals surface area (Å²) in [7, 11) is 5.99. The summed E-state index contributed by atoms with van der Waals surface area (Å²) in [6, 6.07) is 0. The average Bonchev–Trinajstić information content (AvgIpc) is 2.97. The normalized spacial score (nSPS) is 13.0. The molecule has 0 saturated carbocycles. The predicted molar refractivity (Wildman–Crippen MR) is 186 cm³/mol. The molecule has 8 heteroatoms. The first-order valence-corrected chi connectivity index (χ1v) is 18.9. The number of hydrogen-bond acceptors (Lipinski definition) is 5. The maximum atomic E-state index is 13.0. The second kappa shape index (κ2) is 33.5. The number of ether oxygens (including phenoxy) is 2. The Balaban J connectivity index is 0. The number of likely N-dealkylation sites (N-methyl/N-ethyl adjacent to an activating group) is 1. The monoisotopic (exact) mass is 665 g/mol. The van der Waals surface area contributed by atoms with Gasteiger partial charge in [-0.05, 0) is 25.7 Å². The van der Waals surface area contributed by atoms with Crippen molar-refractivity contribution < 1.29 is 41.4 Å².